The first-order valence-electron chi connectivity index (χ1n) is 8.20. The molecule has 7 nitrogen and oxygen atoms in total. The Hall–Kier alpha value is -2.44. The van der Waals surface area contributed by atoms with Gasteiger partial charge in [-0.05, 0) is 39.5 Å². The van der Waals surface area contributed by atoms with Crippen LogP contribution in [0.2, 0.25) is 0 Å². The summed E-state index contributed by atoms with van der Waals surface area (Å²) in [6.07, 6.45) is 5.84. The van der Waals surface area contributed by atoms with Gasteiger partial charge in [-0.2, -0.15) is 5.10 Å². The van der Waals surface area contributed by atoms with Crippen molar-refractivity contribution in [1.82, 2.24) is 24.6 Å². The van der Waals surface area contributed by atoms with Gasteiger partial charge in [0.2, 0.25) is 5.91 Å². The summed E-state index contributed by atoms with van der Waals surface area (Å²) in [6, 6.07) is -0.0678. The third-order valence-corrected chi connectivity index (χ3v) is 4.57. The van der Waals surface area contributed by atoms with E-state index in [1.807, 2.05) is 24.7 Å². The lowest BCUT2D eigenvalue weighted by Crippen LogP contribution is -2.34. The summed E-state index contributed by atoms with van der Waals surface area (Å²) in [7, 11) is 1.93. The van der Waals surface area contributed by atoms with Gasteiger partial charge in [0.15, 0.2) is 5.78 Å². The zero-order valence-electron chi connectivity index (χ0n) is 14.5. The average Bonchev–Trinajstić information content (AvgIpc) is 3.19. The van der Waals surface area contributed by atoms with Crippen molar-refractivity contribution in [1.29, 1.82) is 0 Å². The fraction of sp³-hybridized carbons (Fsp3) is 0.529. The summed E-state index contributed by atoms with van der Waals surface area (Å²) >= 11 is 0. The number of nitrogens with one attached hydrogen (secondary N) is 1. The first-order chi connectivity index (χ1) is 11.4. The predicted octanol–water partition coefficient (Wildman–Crippen LogP) is 1.70. The van der Waals surface area contributed by atoms with E-state index in [9.17, 15) is 9.59 Å². The molecule has 1 fully saturated rings. The third kappa shape index (κ3) is 3.11. The van der Waals surface area contributed by atoms with Crippen molar-refractivity contribution in [2.24, 2.45) is 13.0 Å². The molecule has 2 aromatic rings. The SMILES string of the molecule is CC(=O)c1c(C)nn(CC(=O)N[C@@H](c2nccn2C)C2CC2)c1C. The molecule has 0 radical (unpaired) electrons. The normalized spacial score (nSPS) is 15.3. The minimum atomic E-state index is -0.115. The van der Waals surface area contributed by atoms with Crippen LogP contribution in [0.25, 0.3) is 0 Å². The van der Waals surface area contributed by atoms with E-state index in [0.717, 1.165) is 24.4 Å². The van der Waals surface area contributed by atoms with Crippen LogP contribution >= 0.6 is 0 Å². The minimum absolute atomic E-state index is 0.0273. The molecule has 1 N–H and O–H groups in total. The molecular weight excluding hydrogens is 306 g/mol. The number of amides is 1. The molecule has 3 rings (SSSR count). The van der Waals surface area contributed by atoms with Gasteiger partial charge in [-0.1, -0.05) is 0 Å². The standard InChI is InChI=1S/C17H23N5O2/c1-10-15(12(3)23)11(2)22(20-10)9-14(24)19-16(13-5-6-13)17-18-7-8-21(17)4/h7-8,13,16H,5-6,9H2,1-4H3,(H,19,24)/t16-/m1/s1. The predicted molar refractivity (Wildman–Crippen MR) is 88.5 cm³/mol. The lowest BCUT2D eigenvalue weighted by molar-refractivity contribution is -0.122. The third-order valence-electron chi connectivity index (χ3n) is 4.57. The Balaban J connectivity index is 1.74. The lowest BCUT2D eigenvalue weighted by Gasteiger charge is -2.18. The molecule has 1 atom stereocenters. The molecule has 2 heterocycles. The van der Waals surface area contributed by atoms with Gasteiger partial charge in [0, 0.05) is 25.1 Å². The Bertz CT molecular complexity index is 785. The van der Waals surface area contributed by atoms with Crippen molar-refractivity contribution < 1.29 is 9.59 Å². The second-order valence-corrected chi connectivity index (χ2v) is 6.54. The summed E-state index contributed by atoms with van der Waals surface area (Å²) in [5, 5.41) is 7.42. The molecule has 1 amide bonds. The largest absolute Gasteiger partial charge is 0.344 e. The number of aryl methyl sites for hydroxylation is 2. The van der Waals surface area contributed by atoms with Crippen LogP contribution < -0.4 is 5.32 Å². The van der Waals surface area contributed by atoms with Gasteiger partial charge in [0.25, 0.3) is 0 Å². The topological polar surface area (TPSA) is 81.8 Å². The number of ketones is 1. The van der Waals surface area contributed by atoms with Crippen LogP contribution in [0.5, 0.6) is 0 Å². The van der Waals surface area contributed by atoms with Crippen LogP contribution in [-0.2, 0) is 18.4 Å². The Labute approximate surface area is 141 Å². The van der Waals surface area contributed by atoms with E-state index < -0.39 is 0 Å². The number of hydrogen-bond donors (Lipinski definition) is 1. The van der Waals surface area contributed by atoms with Gasteiger partial charge in [-0.3, -0.25) is 14.3 Å². The van der Waals surface area contributed by atoms with Crippen LogP contribution in [-0.4, -0.2) is 31.0 Å². The molecule has 24 heavy (non-hydrogen) atoms. The smallest absolute Gasteiger partial charge is 0.242 e. The summed E-state index contributed by atoms with van der Waals surface area (Å²) in [5.74, 6) is 1.18. The highest BCUT2D eigenvalue weighted by Crippen LogP contribution is 2.40. The maximum atomic E-state index is 12.5. The molecule has 0 aliphatic heterocycles. The van der Waals surface area contributed by atoms with Crippen LogP contribution in [0, 0.1) is 19.8 Å². The van der Waals surface area contributed by atoms with E-state index >= 15 is 0 Å². The van der Waals surface area contributed by atoms with Gasteiger partial charge in [-0.25, -0.2) is 4.98 Å². The summed E-state index contributed by atoms with van der Waals surface area (Å²) in [5.41, 5.74) is 2.00. The van der Waals surface area contributed by atoms with E-state index in [1.54, 1.807) is 17.8 Å². The fourth-order valence-corrected chi connectivity index (χ4v) is 3.22. The van der Waals surface area contributed by atoms with Crippen molar-refractivity contribution in [3.8, 4) is 0 Å². The zero-order chi connectivity index (χ0) is 17.4. The van der Waals surface area contributed by atoms with Gasteiger partial charge in [0.05, 0.1) is 17.3 Å². The van der Waals surface area contributed by atoms with Crippen LogP contribution in [0.3, 0.4) is 0 Å². The fourth-order valence-electron chi connectivity index (χ4n) is 3.22. The quantitative estimate of drug-likeness (QED) is 0.818. The first-order valence-corrected chi connectivity index (χ1v) is 8.20. The Morgan fingerprint density at radius 1 is 1.38 bits per heavy atom. The Morgan fingerprint density at radius 2 is 2.08 bits per heavy atom. The molecule has 1 aliphatic carbocycles. The van der Waals surface area contributed by atoms with Gasteiger partial charge < -0.3 is 9.88 Å². The van der Waals surface area contributed by atoms with Gasteiger partial charge >= 0.3 is 0 Å². The number of rotatable bonds is 6. The molecule has 7 heteroatoms. The van der Waals surface area contributed by atoms with E-state index in [0.29, 0.717) is 17.2 Å². The molecule has 0 bridgehead atoms. The molecule has 1 saturated carbocycles. The van der Waals surface area contributed by atoms with Crippen LogP contribution in [0.1, 0.15) is 53.4 Å². The molecule has 2 aromatic heterocycles. The molecule has 0 spiro atoms. The molecule has 0 aromatic carbocycles. The number of hydrogen-bond acceptors (Lipinski definition) is 4. The van der Waals surface area contributed by atoms with E-state index in [4.69, 9.17) is 0 Å². The number of carbonyl (C=O) groups is 2. The van der Waals surface area contributed by atoms with Crippen molar-refractivity contribution >= 4 is 11.7 Å². The maximum Gasteiger partial charge on any atom is 0.242 e. The number of aromatic nitrogens is 4. The first kappa shape index (κ1) is 16.4. The van der Waals surface area contributed by atoms with Crippen LogP contribution in [0.4, 0.5) is 0 Å². The summed E-state index contributed by atoms with van der Waals surface area (Å²) in [6.45, 7) is 5.24. The van der Waals surface area contributed by atoms with Gasteiger partial charge in [-0.15, -0.1) is 0 Å². The summed E-state index contributed by atoms with van der Waals surface area (Å²) in [4.78, 5) is 28.6. The van der Waals surface area contributed by atoms with E-state index in [-0.39, 0.29) is 24.3 Å². The molecule has 1 aliphatic rings. The van der Waals surface area contributed by atoms with Crippen molar-refractivity contribution in [2.75, 3.05) is 0 Å². The van der Waals surface area contributed by atoms with Crippen molar-refractivity contribution in [2.45, 2.75) is 46.2 Å². The zero-order valence-corrected chi connectivity index (χ0v) is 14.5. The monoisotopic (exact) mass is 329 g/mol. The maximum absolute atomic E-state index is 12.5. The highest BCUT2D eigenvalue weighted by molar-refractivity contribution is 5.96. The van der Waals surface area contributed by atoms with Crippen molar-refractivity contribution in [3.63, 3.8) is 0 Å². The summed E-state index contributed by atoms with van der Waals surface area (Å²) < 4.78 is 3.55. The van der Waals surface area contributed by atoms with Gasteiger partial charge in [0.1, 0.15) is 12.4 Å². The Morgan fingerprint density at radius 3 is 2.58 bits per heavy atom. The van der Waals surface area contributed by atoms with E-state index in [1.165, 1.54) is 6.92 Å². The minimum Gasteiger partial charge on any atom is -0.344 e. The van der Waals surface area contributed by atoms with Crippen LogP contribution in [0.15, 0.2) is 12.4 Å². The molecule has 0 saturated heterocycles. The highest BCUT2D eigenvalue weighted by atomic mass is 16.2. The molecule has 128 valence electrons. The number of Topliss-reactive ketones (excluding diaryl/α,β-unsaturated/α-hetero) is 1. The molecular formula is C17H23N5O2. The second kappa shape index (κ2) is 6.22. The number of carbonyl (C=O) groups excluding carboxylic acids is 2. The average molecular weight is 329 g/mol. The lowest BCUT2D eigenvalue weighted by atomic mass is 10.1. The Kier molecular flexibility index (Phi) is 4.26. The highest BCUT2D eigenvalue weighted by Gasteiger charge is 2.35. The number of imidazole rings is 1. The number of nitrogens with zero attached hydrogens (tertiary/aromatic N) is 4. The second-order valence-electron chi connectivity index (χ2n) is 6.54. The molecule has 0 unspecified atom stereocenters. The van der Waals surface area contributed by atoms with Crippen molar-refractivity contribution in [3.05, 3.63) is 35.2 Å². The van der Waals surface area contributed by atoms with E-state index in [2.05, 4.69) is 15.4 Å².